The van der Waals surface area contributed by atoms with E-state index in [1.54, 1.807) is 13.0 Å². The zero-order valence-corrected chi connectivity index (χ0v) is 14.9. The molecule has 3 rings (SSSR count). The van der Waals surface area contributed by atoms with Gasteiger partial charge in [-0.3, -0.25) is 4.98 Å². The molecule has 1 unspecified atom stereocenters. The van der Waals surface area contributed by atoms with Crippen LogP contribution >= 0.6 is 0 Å². The first-order valence-corrected chi connectivity index (χ1v) is 8.72. The fourth-order valence-electron chi connectivity index (χ4n) is 3.72. The predicted octanol–water partition coefficient (Wildman–Crippen LogP) is 4.45. The number of halogens is 1. The molecule has 5 heteroatoms. The van der Waals surface area contributed by atoms with Crippen molar-refractivity contribution in [3.8, 4) is 0 Å². The standard InChI is InChI=1S/C20H24FN3O/c1-13-7-4-8-14(2)18(13)17-10-6-12-24(17)20(25)23-15(3)19-16(21)9-5-11-22-19/h4-5,7-9,11,15,17H,6,10,12H2,1-3H3,(H,23,25)/t15-,17?/m0/s1. The Hall–Kier alpha value is -2.43. The molecule has 0 radical (unpaired) electrons. The molecule has 1 aromatic carbocycles. The van der Waals surface area contributed by atoms with Crippen LogP contribution in [0.1, 0.15) is 54.2 Å². The van der Waals surface area contributed by atoms with Crippen LogP contribution < -0.4 is 5.32 Å². The Balaban J connectivity index is 1.78. The summed E-state index contributed by atoms with van der Waals surface area (Å²) in [6.07, 6.45) is 3.46. The van der Waals surface area contributed by atoms with E-state index in [0.717, 1.165) is 12.8 Å². The predicted molar refractivity (Wildman–Crippen MR) is 95.7 cm³/mol. The Labute approximate surface area is 148 Å². The van der Waals surface area contributed by atoms with Gasteiger partial charge < -0.3 is 10.2 Å². The summed E-state index contributed by atoms with van der Waals surface area (Å²) in [6.45, 7) is 6.64. The summed E-state index contributed by atoms with van der Waals surface area (Å²) < 4.78 is 13.9. The second-order valence-electron chi connectivity index (χ2n) is 6.70. The summed E-state index contributed by atoms with van der Waals surface area (Å²) in [5, 5.41) is 2.90. The van der Waals surface area contributed by atoms with Crippen molar-refractivity contribution in [2.24, 2.45) is 0 Å². The number of nitrogens with one attached hydrogen (secondary N) is 1. The highest BCUT2D eigenvalue weighted by molar-refractivity contribution is 5.75. The summed E-state index contributed by atoms with van der Waals surface area (Å²) >= 11 is 0. The maximum atomic E-state index is 13.9. The lowest BCUT2D eigenvalue weighted by Gasteiger charge is -2.29. The number of aromatic nitrogens is 1. The minimum atomic E-state index is -0.479. The molecule has 1 aromatic heterocycles. The highest BCUT2D eigenvalue weighted by Gasteiger charge is 2.32. The Morgan fingerprint density at radius 1 is 1.28 bits per heavy atom. The first-order chi connectivity index (χ1) is 12.0. The van der Waals surface area contributed by atoms with E-state index in [2.05, 4.69) is 36.3 Å². The Morgan fingerprint density at radius 2 is 2.00 bits per heavy atom. The van der Waals surface area contributed by atoms with Crippen molar-refractivity contribution in [1.82, 2.24) is 15.2 Å². The third kappa shape index (κ3) is 3.50. The molecule has 4 nitrogen and oxygen atoms in total. The van der Waals surface area contributed by atoms with Crippen LogP contribution in [0.3, 0.4) is 0 Å². The molecule has 132 valence electrons. The van der Waals surface area contributed by atoms with Crippen molar-refractivity contribution in [3.05, 3.63) is 64.7 Å². The van der Waals surface area contributed by atoms with E-state index in [0.29, 0.717) is 6.54 Å². The smallest absolute Gasteiger partial charge is 0.318 e. The van der Waals surface area contributed by atoms with Gasteiger partial charge in [0.05, 0.1) is 17.8 Å². The van der Waals surface area contributed by atoms with Gasteiger partial charge in [0.15, 0.2) is 0 Å². The summed E-state index contributed by atoms with van der Waals surface area (Å²) in [5.74, 6) is -0.400. The quantitative estimate of drug-likeness (QED) is 0.897. The van der Waals surface area contributed by atoms with Gasteiger partial charge in [-0.05, 0) is 62.4 Å². The number of rotatable bonds is 3. The Kier molecular flexibility index (Phi) is 5.02. The monoisotopic (exact) mass is 341 g/mol. The normalized spacial score (nSPS) is 18.2. The number of benzene rings is 1. The van der Waals surface area contributed by atoms with Gasteiger partial charge in [-0.15, -0.1) is 0 Å². The third-order valence-corrected chi connectivity index (χ3v) is 4.93. The first kappa shape index (κ1) is 17.4. The van der Waals surface area contributed by atoms with E-state index in [4.69, 9.17) is 0 Å². The molecular weight excluding hydrogens is 317 g/mol. The van der Waals surface area contributed by atoms with Crippen LogP contribution in [-0.2, 0) is 0 Å². The number of urea groups is 1. The second-order valence-corrected chi connectivity index (χ2v) is 6.70. The molecule has 2 aromatic rings. The van der Waals surface area contributed by atoms with Gasteiger partial charge >= 0.3 is 6.03 Å². The van der Waals surface area contributed by atoms with Crippen molar-refractivity contribution >= 4 is 6.03 Å². The number of amides is 2. The summed E-state index contributed by atoms with van der Waals surface area (Å²) in [5.41, 5.74) is 3.90. The van der Waals surface area contributed by atoms with Crippen molar-refractivity contribution < 1.29 is 9.18 Å². The molecule has 0 aliphatic carbocycles. The Bertz CT molecular complexity index is 757. The lowest BCUT2D eigenvalue weighted by molar-refractivity contribution is 0.189. The molecular formula is C20H24FN3O. The van der Waals surface area contributed by atoms with Gasteiger partial charge in [-0.25, -0.2) is 9.18 Å². The van der Waals surface area contributed by atoms with Gasteiger partial charge in [-0.2, -0.15) is 0 Å². The number of carbonyl (C=O) groups excluding carboxylic acids is 1. The molecule has 1 fully saturated rings. The van der Waals surface area contributed by atoms with Gasteiger partial charge in [0, 0.05) is 12.7 Å². The molecule has 2 atom stereocenters. The fourth-order valence-corrected chi connectivity index (χ4v) is 3.72. The van der Waals surface area contributed by atoms with Gasteiger partial charge in [0.2, 0.25) is 0 Å². The van der Waals surface area contributed by atoms with Crippen LogP contribution in [0.5, 0.6) is 0 Å². The highest BCUT2D eigenvalue weighted by atomic mass is 19.1. The maximum absolute atomic E-state index is 13.9. The molecule has 1 N–H and O–H groups in total. The van der Waals surface area contributed by atoms with Crippen LogP contribution in [0.2, 0.25) is 0 Å². The van der Waals surface area contributed by atoms with Crippen molar-refractivity contribution in [2.45, 2.75) is 45.7 Å². The first-order valence-electron chi connectivity index (χ1n) is 8.72. The number of hydrogen-bond donors (Lipinski definition) is 1. The zero-order chi connectivity index (χ0) is 18.0. The van der Waals surface area contributed by atoms with E-state index in [-0.39, 0.29) is 17.8 Å². The number of hydrogen-bond acceptors (Lipinski definition) is 2. The third-order valence-electron chi connectivity index (χ3n) is 4.93. The van der Waals surface area contributed by atoms with Gasteiger partial charge in [0.1, 0.15) is 5.82 Å². The van der Waals surface area contributed by atoms with Crippen molar-refractivity contribution in [2.75, 3.05) is 6.54 Å². The SMILES string of the molecule is Cc1cccc(C)c1C1CCCN1C(=O)N[C@@H](C)c1ncccc1F. The van der Waals surface area contributed by atoms with Crippen LogP contribution in [0, 0.1) is 19.7 Å². The summed E-state index contributed by atoms with van der Waals surface area (Å²) in [7, 11) is 0. The number of likely N-dealkylation sites (tertiary alicyclic amines) is 1. The minimum Gasteiger partial charge on any atom is -0.330 e. The molecule has 0 spiro atoms. The largest absolute Gasteiger partial charge is 0.330 e. The van der Waals surface area contributed by atoms with Crippen LogP contribution in [0.15, 0.2) is 36.5 Å². The number of pyridine rings is 1. The number of carbonyl (C=O) groups is 1. The van der Waals surface area contributed by atoms with Gasteiger partial charge in [-0.1, -0.05) is 18.2 Å². The highest BCUT2D eigenvalue weighted by Crippen LogP contribution is 2.35. The van der Waals surface area contributed by atoms with E-state index >= 15 is 0 Å². The molecule has 0 saturated carbocycles. The number of aryl methyl sites for hydroxylation is 2. The maximum Gasteiger partial charge on any atom is 0.318 e. The summed E-state index contributed by atoms with van der Waals surface area (Å²) in [6, 6.07) is 8.55. The fraction of sp³-hybridized carbons (Fsp3) is 0.400. The molecule has 25 heavy (non-hydrogen) atoms. The second kappa shape index (κ2) is 7.21. The lowest BCUT2D eigenvalue weighted by atomic mass is 9.94. The topological polar surface area (TPSA) is 45.2 Å². The van der Waals surface area contributed by atoms with E-state index < -0.39 is 11.9 Å². The molecule has 2 heterocycles. The molecule has 2 amide bonds. The summed E-state index contributed by atoms with van der Waals surface area (Å²) in [4.78, 5) is 18.7. The van der Waals surface area contributed by atoms with E-state index in [1.165, 1.54) is 29.0 Å². The van der Waals surface area contributed by atoms with E-state index in [9.17, 15) is 9.18 Å². The zero-order valence-electron chi connectivity index (χ0n) is 14.9. The average molecular weight is 341 g/mol. The van der Waals surface area contributed by atoms with E-state index in [1.807, 2.05) is 11.0 Å². The molecule has 1 aliphatic rings. The average Bonchev–Trinajstić information content (AvgIpc) is 3.04. The van der Waals surface area contributed by atoms with Crippen LogP contribution in [0.25, 0.3) is 0 Å². The number of nitrogens with zero attached hydrogens (tertiary/aromatic N) is 2. The minimum absolute atomic E-state index is 0.0713. The van der Waals surface area contributed by atoms with Crippen molar-refractivity contribution in [3.63, 3.8) is 0 Å². The molecule has 1 saturated heterocycles. The van der Waals surface area contributed by atoms with Crippen molar-refractivity contribution in [1.29, 1.82) is 0 Å². The molecule has 0 bridgehead atoms. The Morgan fingerprint density at radius 3 is 2.68 bits per heavy atom. The van der Waals surface area contributed by atoms with Crippen LogP contribution in [0.4, 0.5) is 9.18 Å². The van der Waals surface area contributed by atoms with Crippen LogP contribution in [-0.4, -0.2) is 22.5 Å². The van der Waals surface area contributed by atoms with Gasteiger partial charge in [0.25, 0.3) is 0 Å². The lowest BCUT2D eigenvalue weighted by Crippen LogP contribution is -2.41. The molecule has 1 aliphatic heterocycles.